The number of aromatic nitrogens is 1. The highest BCUT2D eigenvalue weighted by atomic mass is 16.5. The van der Waals surface area contributed by atoms with Gasteiger partial charge in [0.25, 0.3) is 11.7 Å². The van der Waals surface area contributed by atoms with Crippen molar-refractivity contribution in [1.82, 2.24) is 4.98 Å². The molecule has 0 aliphatic heterocycles. The van der Waals surface area contributed by atoms with E-state index < -0.39 is 11.7 Å². The smallest absolute Gasteiger partial charge is 0.296 e. The third-order valence-electron chi connectivity index (χ3n) is 5.47. The second-order valence-electron chi connectivity index (χ2n) is 7.46. The minimum Gasteiger partial charge on any atom is -0.486 e. The standard InChI is InChI=1S/C24H20N2O4/c27-22(24(28)26-15-11-13-25-14-12-15)18-9-10-20(29-16-5-1-2-6-16)23-21(18)17-7-3-4-8-19(17)30-23/h3-4,7-14,16H,1-2,5-6H2,(H,25,26,28). The lowest BCUT2D eigenvalue weighted by atomic mass is 10.0. The number of furan rings is 1. The monoisotopic (exact) mass is 400 g/mol. The number of hydrogen-bond donors (Lipinski definition) is 1. The number of Topliss-reactive ketones (excluding diaryl/α,β-unsaturated/α-hetero) is 1. The van der Waals surface area contributed by atoms with E-state index in [1.54, 1.807) is 36.7 Å². The molecule has 30 heavy (non-hydrogen) atoms. The van der Waals surface area contributed by atoms with E-state index in [1.165, 1.54) is 0 Å². The predicted octanol–water partition coefficient (Wildman–Crippen LogP) is 5.12. The largest absolute Gasteiger partial charge is 0.486 e. The third kappa shape index (κ3) is 3.30. The molecule has 4 aromatic rings. The number of nitrogens with one attached hydrogen (secondary N) is 1. The van der Waals surface area contributed by atoms with Gasteiger partial charge >= 0.3 is 0 Å². The highest BCUT2D eigenvalue weighted by Crippen LogP contribution is 2.38. The summed E-state index contributed by atoms with van der Waals surface area (Å²) in [6.07, 6.45) is 7.58. The second-order valence-corrected chi connectivity index (χ2v) is 7.46. The van der Waals surface area contributed by atoms with Gasteiger partial charge in [-0.2, -0.15) is 0 Å². The number of hydrogen-bond acceptors (Lipinski definition) is 5. The third-order valence-corrected chi connectivity index (χ3v) is 5.47. The summed E-state index contributed by atoms with van der Waals surface area (Å²) in [5, 5.41) is 4.02. The number of carbonyl (C=O) groups excluding carboxylic acids is 2. The van der Waals surface area contributed by atoms with Crippen molar-refractivity contribution < 1.29 is 18.7 Å². The van der Waals surface area contributed by atoms with Crippen molar-refractivity contribution in [3.63, 3.8) is 0 Å². The fourth-order valence-electron chi connectivity index (χ4n) is 4.02. The van der Waals surface area contributed by atoms with Gasteiger partial charge in [0.15, 0.2) is 11.3 Å². The number of para-hydroxylation sites is 1. The fraction of sp³-hybridized carbons (Fsp3) is 0.208. The van der Waals surface area contributed by atoms with Crippen molar-refractivity contribution in [2.75, 3.05) is 5.32 Å². The molecule has 0 saturated heterocycles. The molecule has 2 aromatic carbocycles. The zero-order valence-electron chi connectivity index (χ0n) is 16.3. The molecule has 0 atom stereocenters. The minimum absolute atomic E-state index is 0.151. The van der Waals surface area contributed by atoms with E-state index in [0.717, 1.165) is 31.1 Å². The van der Waals surface area contributed by atoms with Crippen LogP contribution in [-0.4, -0.2) is 22.8 Å². The van der Waals surface area contributed by atoms with Gasteiger partial charge in [0.05, 0.1) is 6.10 Å². The Bertz CT molecular complexity index is 1240. The number of carbonyl (C=O) groups is 2. The quantitative estimate of drug-likeness (QED) is 0.371. The lowest BCUT2D eigenvalue weighted by Gasteiger charge is -2.14. The molecular weight excluding hydrogens is 380 g/mol. The first kappa shape index (κ1) is 18.4. The molecular formula is C24H20N2O4. The summed E-state index contributed by atoms with van der Waals surface area (Å²) in [6, 6.07) is 14.1. The van der Waals surface area contributed by atoms with Gasteiger partial charge in [0.2, 0.25) is 0 Å². The summed E-state index contributed by atoms with van der Waals surface area (Å²) in [6.45, 7) is 0. The summed E-state index contributed by atoms with van der Waals surface area (Å²) in [5.74, 6) is -0.729. The molecule has 1 saturated carbocycles. The normalized spacial score (nSPS) is 14.3. The zero-order chi connectivity index (χ0) is 20.5. The van der Waals surface area contributed by atoms with Gasteiger partial charge < -0.3 is 14.5 Å². The molecule has 1 fully saturated rings. The molecule has 1 N–H and O–H groups in total. The number of benzene rings is 2. The van der Waals surface area contributed by atoms with Gasteiger partial charge in [0, 0.05) is 34.4 Å². The molecule has 0 radical (unpaired) electrons. The SMILES string of the molecule is O=C(Nc1ccncc1)C(=O)c1ccc(OC2CCCC2)c2oc3ccccc3c12. The van der Waals surface area contributed by atoms with E-state index in [2.05, 4.69) is 10.3 Å². The number of amides is 1. The van der Waals surface area contributed by atoms with Gasteiger partial charge in [-0.1, -0.05) is 18.2 Å². The second kappa shape index (κ2) is 7.63. The topological polar surface area (TPSA) is 81.4 Å². The molecule has 0 bridgehead atoms. The average molecular weight is 400 g/mol. The Morgan fingerprint density at radius 3 is 2.57 bits per heavy atom. The number of pyridine rings is 1. The molecule has 2 heterocycles. The predicted molar refractivity (Wildman–Crippen MR) is 114 cm³/mol. The van der Waals surface area contributed by atoms with Gasteiger partial charge in [-0.05, 0) is 56.0 Å². The van der Waals surface area contributed by atoms with Crippen LogP contribution in [0.4, 0.5) is 5.69 Å². The Morgan fingerprint density at radius 2 is 1.77 bits per heavy atom. The van der Waals surface area contributed by atoms with Crippen LogP contribution in [-0.2, 0) is 4.79 Å². The molecule has 0 spiro atoms. The van der Waals surface area contributed by atoms with E-state index in [9.17, 15) is 9.59 Å². The Labute approximate surface area is 172 Å². The highest BCUT2D eigenvalue weighted by Gasteiger charge is 2.26. The Morgan fingerprint density at radius 1 is 1.00 bits per heavy atom. The van der Waals surface area contributed by atoms with Crippen LogP contribution in [0.2, 0.25) is 0 Å². The van der Waals surface area contributed by atoms with Gasteiger partial charge in [0.1, 0.15) is 5.58 Å². The van der Waals surface area contributed by atoms with Gasteiger partial charge in [-0.15, -0.1) is 0 Å². The number of fused-ring (bicyclic) bond motifs is 3. The molecule has 1 aliphatic carbocycles. The maximum Gasteiger partial charge on any atom is 0.296 e. The highest BCUT2D eigenvalue weighted by molar-refractivity contribution is 6.49. The number of ether oxygens (including phenoxy) is 1. The van der Waals surface area contributed by atoms with Crippen molar-refractivity contribution in [3.05, 3.63) is 66.5 Å². The first-order chi connectivity index (χ1) is 14.7. The average Bonchev–Trinajstić information content (AvgIpc) is 3.42. The molecule has 6 heteroatoms. The number of nitrogens with zero attached hydrogens (tertiary/aromatic N) is 1. The minimum atomic E-state index is -0.711. The summed E-state index contributed by atoms with van der Waals surface area (Å²) in [7, 11) is 0. The van der Waals surface area contributed by atoms with Crippen LogP contribution in [0.5, 0.6) is 5.75 Å². The first-order valence-electron chi connectivity index (χ1n) is 10.1. The van der Waals surface area contributed by atoms with Crippen molar-refractivity contribution in [2.24, 2.45) is 0 Å². The zero-order valence-corrected chi connectivity index (χ0v) is 16.3. The molecule has 5 rings (SSSR count). The van der Waals surface area contributed by atoms with Crippen LogP contribution < -0.4 is 10.1 Å². The summed E-state index contributed by atoms with van der Waals surface area (Å²) in [4.78, 5) is 29.6. The van der Waals surface area contributed by atoms with Crippen molar-refractivity contribution in [1.29, 1.82) is 0 Å². The molecule has 150 valence electrons. The fourth-order valence-corrected chi connectivity index (χ4v) is 4.02. The lowest BCUT2D eigenvalue weighted by molar-refractivity contribution is -0.112. The maximum absolute atomic E-state index is 13.1. The molecule has 1 amide bonds. The van der Waals surface area contributed by atoms with Crippen LogP contribution in [0.1, 0.15) is 36.0 Å². The Kier molecular flexibility index (Phi) is 4.67. The maximum atomic E-state index is 13.1. The van der Waals surface area contributed by atoms with Gasteiger partial charge in [-0.3, -0.25) is 14.6 Å². The van der Waals surface area contributed by atoms with Crippen molar-refractivity contribution in [3.8, 4) is 5.75 Å². The summed E-state index contributed by atoms with van der Waals surface area (Å²) in [5.41, 5.74) is 1.96. The van der Waals surface area contributed by atoms with Crippen molar-refractivity contribution in [2.45, 2.75) is 31.8 Å². The van der Waals surface area contributed by atoms with E-state index in [-0.39, 0.29) is 6.10 Å². The van der Waals surface area contributed by atoms with E-state index in [0.29, 0.717) is 33.6 Å². The molecule has 2 aromatic heterocycles. The van der Waals surface area contributed by atoms with Crippen LogP contribution in [0.25, 0.3) is 21.9 Å². The van der Waals surface area contributed by atoms with E-state index in [1.807, 2.05) is 24.3 Å². The first-order valence-corrected chi connectivity index (χ1v) is 10.1. The number of rotatable bonds is 5. The number of anilines is 1. The van der Waals surface area contributed by atoms with Crippen LogP contribution >= 0.6 is 0 Å². The lowest BCUT2D eigenvalue weighted by Crippen LogP contribution is -2.23. The molecule has 0 unspecified atom stereocenters. The summed E-state index contributed by atoms with van der Waals surface area (Å²) < 4.78 is 12.3. The molecule has 6 nitrogen and oxygen atoms in total. The van der Waals surface area contributed by atoms with E-state index >= 15 is 0 Å². The Balaban J connectivity index is 1.57. The molecule has 1 aliphatic rings. The Hall–Kier alpha value is -3.67. The van der Waals surface area contributed by atoms with Crippen LogP contribution in [0, 0.1) is 0 Å². The summed E-state index contributed by atoms with van der Waals surface area (Å²) >= 11 is 0. The van der Waals surface area contributed by atoms with Crippen molar-refractivity contribution >= 4 is 39.3 Å². The number of ketones is 1. The van der Waals surface area contributed by atoms with Crippen LogP contribution in [0.15, 0.2) is 65.3 Å². The van der Waals surface area contributed by atoms with E-state index in [4.69, 9.17) is 9.15 Å². The van der Waals surface area contributed by atoms with Crippen LogP contribution in [0.3, 0.4) is 0 Å². The van der Waals surface area contributed by atoms with Gasteiger partial charge in [-0.25, -0.2) is 0 Å².